The maximum absolute atomic E-state index is 6.33. The summed E-state index contributed by atoms with van der Waals surface area (Å²) in [6, 6.07) is 13.4. The molecule has 2 aromatic heterocycles. The van der Waals surface area contributed by atoms with E-state index >= 15 is 0 Å². The van der Waals surface area contributed by atoms with Crippen molar-refractivity contribution >= 4 is 51.7 Å². The van der Waals surface area contributed by atoms with E-state index in [0.29, 0.717) is 26.9 Å². The summed E-state index contributed by atoms with van der Waals surface area (Å²) in [5, 5.41) is 9.92. The molecule has 5 nitrogen and oxygen atoms in total. The van der Waals surface area contributed by atoms with Gasteiger partial charge in [0.15, 0.2) is 5.16 Å². The monoisotopic (exact) mass is 427 g/mol. The molecule has 3 N–H and O–H groups in total. The number of fused-ring (bicyclic) bond motifs is 1. The van der Waals surface area contributed by atoms with E-state index in [2.05, 4.69) is 26.2 Å². The van der Waals surface area contributed by atoms with E-state index in [4.69, 9.17) is 28.9 Å². The van der Waals surface area contributed by atoms with Gasteiger partial charge in [-0.05, 0) is 48.9 Å². The van der Waals surface area contributed by atoms with Gasteiger partial charge in [0.2, 0.25) is 0 Å². The van der Waals surface area contributed by atoms with Gasteiger partial charge in [0, 0.05) is 22.1 Å². The highest BCUT2D eigenvalue weighted by molar-refractivity contribution is 7.99. The van der Waals surface area contributed by atoms with Gasteiger partial charge >= 0.3 is 0 Å². The molecular formula is C20H15Cl2N5S. The Kier molecular flexibility index (Phi) is 4.42. The highest BCUT2D eigenvalue weighted by atomic mass is 35.5. The van der Waals surface area contributed by atoms with Crippen molar-refractivity contribution in [2.24, 2.45) is 0 Å². The van der Waals surface area contributed by atoms with Crippen LogP contribution >= 0.6 is 35.0 Å². The molecule has 5 rings (SSSR count). The van der Waals surface area contributed by atoms with Crippen molar-refractivity contribution < 1.29 is 0 Å². The number of nitrogens with two attached hydrogens (primary N) is 1. The van der Waals surface area contributed by atoms with Crippen molar-refractivity contribution in [2.75, 3.05) is 5.73 Å². The smallest absolute Gasteiger partial charge is 0.195 e. The Hall–Kier alpha value is -2.28. The average molecular weight is 428 g/mol. The van der Waals surface area contributed by atoms with Crippen LogP contribution in [-0.2, 0) is 0 Å². The highest BCUT2D eigenvalue weighted by Crippen LogP contribution is 2.41. The van der Waals surface area contributed by atoms with Crippen LogP contribution in [0.1, 0.15) is 24.5 Å². The van der Waals surface area contributed by atoms with Crippen molar-refractivity contribution in [3.63, 3.8) is 0 Å². The zero-order chi connectivity index (χ0) is 19.3. The molecule has 8 heteroatoms. The summed E-state index contributed by atoms with van der Waals surface area (Å²) in [5.41, 5.74) is 10.1. The molecule has 1 fully saturated rings. The Balaban J connectivity index is 1.57. The largest absolute Gasteiger partial charge is 0.383 e. The first-order valence-electron chi connectivity index (χ1n) is 8.84. The predicted molar refractivity (Wildman–Crippen MR) is 114 cm³/mol. The first-order chi connectivity index (χ1) is 13.6. The van der Waals surface area contributed by atoms with Gasteiger partial charge in [-0.3, -0.25) is 5.10 Å². The fourth-order valence-corrected chi connectivity index (χ4v) is 4.49. The Morgan fingerprint density at radius 2 is 1.89 bits per heavy atom. The second-order valence-electron chi connectivity index (χ2n) is 6.73. The molecule has 0 bridgehead atoms. The first kappa shape index (κ1) is 17.8. The quantitative estimate of drug-likeness (QED) is 0.394. The summed E-state index contributed by atoms with van der Waals surface area (Å²) in [7, 11) is 0. The Labute approximate surface area is 175 Å². The van der Waals surface area contributed by atoms with E-state index in [1.54, 1.807) is 6.07 Å². The molecule has 1 aliphatic rings. The van der Waals surface area contributed by atoms with E-state index in [-0.39, 0.29) is 0 Å². The maximum Gasteiger partial charge on any atom is 0.195 e. The second-order valence-corrected chi connectivity index (χ2v) is 8.52. The Bertz CT molecular complexity index is 1200. The minimum Gasteiger partial charge on any atom is -0.383 e. The van der Waals surface area contributed by atoms with Crippen LogP contribution in [-0.4, -0.2) is 20.2 Å². The number of aromatic nitrogens is 4. The molecule has 0 amide bonds. The lowest BCUT2D eigenvalue weighted by Gasteiger charge is -2.09. The van der Waals surface area contributed by atoms with Crippen molar-refractivity contribution in [3.05, 3.63) is 58.2 Å². The molecule has 0 saturated heterocycles. The van der Waals surface area contributed by atoms with E-state index in [9.17, 15) is 0 Å². The standard InChI is InChI=1S/C20H15Cl2N5S/c21-12-4-2-6-16(18(12)22)28-20-24-13-5-1-3-11(17(13)19(23)25-20)15-9-14(26-27-15)10-7-8-10/h1-6,9-10H,7-8H2,(H,26,27)(H2,23,24,25). The number of rotatable bonds is 4. The number of nitrogens with one attached hydrogen (secondary N) is 1. The van der Waals surface area contributed by atoms with Crippen LogP contribution in [0.25, 0.3) is 22.2 Å². The van der Waals surface area contributed by atoms with E-state index in [1.807, 2.05) is 30.3 Å². The summed E-state index contributed by atoms with van der Waals surface area (Å²) in [5.74, 6) is 1.02. The SMILES string of the molecule is Nc1nc(Sc2cccc(Cl)c2Cl)nc2cccc(-c3cc(C4CC4)[nH]n3)c12. The lowest BCUT2D eigenvalue weighted by atomic mass is 10.1. The molecule has 0 radical (unpaired) electrons. The predicted octanol–water partition coefficient (Wildman–Crippen LogP) is 5.94. The van der Waals surface area contributed by atoms with Crippen molar-refractivity contribution in [2.45, 2.75) is 28.8 Å². The molecule has 2 aromatic carbocycles. The van der Waals surface area contributed by atoms with Gasteiger partial charge in [-0.25, -0.2) is 9.97 Å². The summed E-state index contributed by atoms with van der Waals surface area (Å²) >= 11 is 13.7. The van der Waals surface area contributed by atoms with Crippen LogP contribution in [0.3, 0.4) is 0 Å². The first-order valence-corrected chi connectivity index (χ1v) is 10.4. The number of hydrogen-bond donors (Lipinski definition) is 2. The number of hydrogen-bond acceptors (Lipinski definition) is 5. The molecular weight excluding hydrogens is 413 g/mol. The molecule has 0 unspecified atom stereocenters. The molecule has 140 valence electrons. The van der Waals surface area contributed by atoms with Crippen LogP contribution in [0.5, 0.6) is 0 Å². The minimum absolute atomic E-state index is 0.414. The molecule has 4 aromatic rings. The zero-order valence-electron chi connectivity index (χ0n) is 14.6. The van der Waals surface area contributed by atoms with Crippen molar-refractivity contribution in [3.8, 4) is 11.3 Å². The van der Waals surface area contributed by atoms with Crippen LogP contribution in [0.15, 0.2) is 52.5 Å². The molecule has 1 aliphatic carbocycles. The van der Waals surface area contributed by atoms with Gasteiger partial charge in [0.05, 0.1) is 26.6 Å². The number of aromatic amines is 1. The summed E-state index contributed by atoms with van der Waals surface area (Å²) < 4.78 is 0. The molecule has 28 heavy (non-hydrogen) atoms. The van der Waals surface area contributed by atoms with E-state index in [1.165, 1.54) is 30.3 Å². The Morgan fingerprint density at radius 1 is 1.07 bits per heavy atom. The molecule has 0 atom stereocenters. The second kappa shape index (κ2) is 6.95. The third kappa shape index (κ3) is 3.21. The third-order valence-corrected chi connectivity index (χ3v) is 6.60. The van der Waals surface area contributed by atoms with Crippen molar-refractivity contribution in [1.29, 1.82) is 0 Å². The molecule has 0 aliphatic heterocycles. The highest BCUT2D eigenvalue weighted by Gasteiger charge is 2.26. The number of nitrogen functional groups attached to an aromatic ring is 1. The maximum atomic E-state index is 6.33. The van der Waals surface area contributed by atoms with Gasteiger partial charge in [-0.2, -0.15) is 5.10 Å². The van der Waals surface area contributed by atoms with E-state index < -0.39 is 0 Å². The minimum atomic E-state index is 0.414. The fourth-order valence-electron chi connectivity index (χ4n) is 3.19. The lowest BCUT2D eigenvalue weighted by Crippen LogP contribution is -1.98. The van der Waals surface area contributed by atoms with Gasteiger partial charge in [0.25, 0.3) is 0 Å². The van der Waals surface area contributed by atoms with E-state index in [0.717, 1.165) is 27.1 Å². The fraction of sp³-hybridized carbons (Fsp3) is 0.150. The van der Waals surface area contributed by atoms with Gasteiger partial charge in [-0.1, -0.05) is 41.4 Å². The number of H-pyrrole nitrogens is 1. The normalized spacial score (nSPS) is 13.9. The average Bonchev–Trinajstić information content (AvgIpc) is 3.42. The summed E-state index contributed by atoms with van der Waals surface area (Å²) in [4.78, 5) is 9.96. The summed E-state index contributed by atoms with van der Waals surface area (Å²) in [6.07, 6.45) is 2.43. The van der Waals surface area contributed by atoms with Crippen LogP contribution in [0, 0.1) is 0 Å². The van der Waals surface area contributed by atoms with Crippen LogP contribution in [0.2, 0.25) is 10.0 Å². The molecule has 1 saturated carbocycles. The number of nitrogens with zero attached hydrogens (tertiary/aromatic N) is 3. The van der Waals surface area contributed by atoms with Crippen molar-refractivity contribution in [1.82, 2.24) is 20.2 Å². The topological polar surface area (TPSA) is 80.5 Å². The summed E-state index contributed by atoms with van der Waals surface area (Å²) in [6.45, 7) is 0. The van der Waals surface area contributed by atoms with Gasteiger partial charge in [0.1, 0.15) is 5.82 Å². The molecule has 0 spiro atoms. The Morgan fingerprint density at radius 3 is 2.71 bits per heavy atom. The third-order valence-electron chi connectivity index (χ3n) is 4.74. The van der Waals surface area contributed by atoms with Gasteiger partial charge in [-0.15, -0.1) is 0 Å². The van der Waals surface area contributed by atoms with Crippen LogP contribution < -0.4 is 5.73 Å². The number of halogens is 2. The van der Waals surface area contributed by atoms with Crippen LogP contribution in [0.4, 0.5) is 5.82 Å². The zero-order valence-corrected chi connectivity index (χ0v) is 16.9. The molecule has 2 heterocycles. The van der Waals surface area contributed by atoms with Gasteiger partial charge < -0.3 is 5.73 Å². The number of anilines is 1. The lowest BCUT2D eigenvalue weighted by molar-refractivity contribution is 0.967. The number of benzene rings is 2.